The van der Waals surface area contributed by atoms with E-state index in [1.807, 2.05) is 31.2 Å². The van der Waals surface area contributed by atoms with Crippen molar-refractivity contribution in [2.24, 2.45) is 0 Å². The van der Waals surface area contributed by atoms with Crippen LogP contribution in [0, 0.1) is 0 Å². The molecule has 1 N–H and O–H groups in total. The van der Waals surface area contributed by atoms with Gasteiger partial charge in [-0.05, 0) is 30.7 Å². The minimum Gasteiger partial charge on any atom is -0.493 e. The Hall–Kier alpha value is -2.95. The predicted octanol–water partition coefficient (Wildman–Crippen LogP) is 4.06. The molecule has 0 unspecified atom stereocenters. The summed E-state index contributed by atoms with van der Waals surface area (Å²) in [7, 11) is 1.57. The number of methoxy groups -OCH3 is 1. The predicted molar refractivity (Wildman–Crippen MR) is 98.5 cm³/mol. The molecule has 1 amide bonds. The van der Waals surface area contributed by atoms with Crippen molar-refractivity contribution in [3.63, 3.8) is 0 Å². The van der Waals surface area contributed by atoms with E-state index in [9.17, 15) is 4.79 Å². The molecule has 0 heterocycles. The first-order chi connectivity index (χ1) is 12.2. The molecule has 132 valence electrons. The molecule has 0 aliphatic carbocycles. The molecule has 0 saturated carbocycles. The lowest BCUT2D eigenvalue weighted by Gasteiger charge is -2.19. The van der Waals surface area contributed by atoms with E-state index in [1.54, 1.807) is 37.5 Å². The first kappa shape index (κ1) is 18.4. The number of carbonyl (C=O) groups excluding carboxylic acids is 1. The van der Waals surface area contributed by atoms with Crippen LogP contribution in [0.15, 0.2) is 61.2 Å². The highest BCUT2D eigenvalue weighted by Gasteiger charge is 2.20. The normalized spacial score (nSPS) is 11.3. The van der Waals surface area contributed by atoms with Gasteiger partial charge >= 0.3 is 0 Å². The first-order valence-corrected chi connectivity index (χ1v) is 8.12. The summed E-state index contributed by atoms with van der Waals surface area (Å²) in [6.45, 7) is 5.91. The van der Waals surface area contributed by atoms with Gasteiger partial charge in [-0.1, -0.05) is 37.8 Å². The van der Waals surface area contributed by atoms with Crippen molar-refractivity contribution in [2.75, 3.05) is 19.0 Å². The number of hydrogen-bond donors (Lipinski definition) is 1. The summed E-state index contributed by atoms with van der Waals surface area (Å²) in [6.07, 6.45) is 1.56. The van der Waals surface area contributed by atoms with Gasteiger partial charge in [-0.3, -0.25) is 4.79 Å². The summed E-state index contributed by atoms with van der Waals surface area (Å²) in [5.41, 5.74) is 0.647. The fraction of sp³-hybridized carbons (Fsp3) is 0.250. The molecule has 2 aromatic rings. The van der Waals surface area contributed by atoms with Gasteiger partial charge in [-0.2, -0.15) is 0 Å². The van der Waals surface area contributed by atoms with Gasteiger partial charge in [-0.15, -0.1) is 0 Å². The number of para-hydroxylation sites is 2. The van der Waals surface area contributed by atoms with Crippen molar-refractivity contribution in [3.05, 3.63) is 61.2 Å². The lowest BCUT2D eigenvalue weighted by atomic mass is 10.2. The topological polar surface area (TPSA) is 56.8 Å². The van der Waals surface area contributed by atoms with E-state index in [1.165, 1.54) is 0 Å². The smallest absolute Gasteiger partial charge is 0.265 e. The van der Waals surface area contributed by atoms with Crippen LogP contribution in [0.25, 0.3) is 0 Å². The second-order valence-electron chi connectivity index (χ2n) is 5.28. The van der Waals surface area contributed by atoms with Gasteiger partial charge in [0.2, 0.25) is 0 Å². The summed E-state index contributed by atoms with van der Waals surface area (Å²) < 4.78 is 16.6. The molecule has 2 aromatic carbocycles. The first-order valence-electron chi connectivity index (χ1n) is 8.12. The third-order valence-electron chi connectivity index (χ3n) is 3.47. The molecule has 0 radical (unpaired) electrons. The molecule has 0 spiro atoms. The quantitative estimate of drug-likeness (QED) is 0.699. The number of ether oxygens (including phenoxy) is 3. The molecule has 2 rings (SSSR count). The molecule has 0 aliphatic heterocycles. The Morgan fingerprint density at radius 2 is 1.96 bits per heavy atom. The van der Waals surface area contributed by atoms with Crippen molar-refractivity contribution >= 4 is 11.6 Å². The van der Waals surface area contributed by atoms with Gasteiger partial charge in [-0.25, -0.2) is 0 Å². The number of anilines is 1. The maximum absolute atomic E-state index is 12.5. The van der Waals surface area contributed by atoms with Crippen LogP contribution in [0.2, 0.25) is 0 Å². The van der Waals surface area contributed by atoms with Crippen molar-refractivity contribution in [1.82, 2.24) is 0 Å². The number of benzene rings is 2. The van der Waals surface area contributed by atoms with Crippen LogP contribution >= 0.6 is 0 Å². The summed E-state index contributed by atoms with van der Waals surface area (Å²) in [6, 6.07) is 14.5. The lowest BCUT2D eigenvalue weighted by molar-refractivity contribution is -0.122. The average Bonchev–Trinajstić information content (AvgIpc) is 2.64. The van der Waals surface area contributed by atoms with Gasteiger partial charge in [0.15, 0.2) is 17.6 Å². The monoisotopic (exact) mass is 341 g/mol. The Morgan fingerprint density at radius 3 is 2.64 bits per heavy atom. The minimum atomic E-state index is -0.631. The van der Waals surface area contributed by atoms with Gasteiger partial charge in [0.05, 0.1) is 7.11 Å². The highest BCUT2D eigenvalue weighted by atomic mass is 16.5. The van der Waals surface area contributed by atoms with Crippen molar-refractivity contribution in [2.45, 2.75) is 19.4 Å². The van der Waals surface area contributed by atoms with Gasteiger partial charge in [0.25, 0.3) is 5.91 Å². The third kappa shape index (κ3) is 5.28. The van der Waals surface area contributed by atoms with E-state index in [-0.39, 0.29) is 5.91 Å². The van der Waals surface area contributed by atoms with Gasteiger partial charge in [0.1, 0.15) is 12.4 Å². The fourth-order valence-corrected chi connectivity index (χ4v) is 2.23. The number of amides is 1. The largest absolute Gasteiger partial charge is 0.493 e. The fourth-order valence-electron chi connectivity index (χ4n) is 2.23. The van der Waals surface area contributed by atoms with E-state index < -0.39 is 6.10 Å². The maximum Gasteiger partial charge on any atom is 0.265 e. The summed E-state index contributed by atoms with van der Waals surface area (Å²) in [5.74, 6) is 1.56. The number of rotatable bonds is 9. The molecule has 1 atom stereocenters. The third-order valence-corrected chi connectivity index (χ3v) is 3.47. The molecule has 0 aliphatic rings. The zero-order chi connectivity index (χ0) is 18.1. The molecule has 0 aromatic heterocycles. The molecule has 0 saturated heterocycles. The number of hydrogen-bond acceptors (Lipinski definition) is 4. The van der Waals surface area contributed by atoms with Crippen LogP contribution in [0.3, 0.4) is 0 Å². The van der Waals surface area contributed by atoms with Crippen LogP contribution in [-0.2, 0) is 4.79 Å². The molecule has 5 nitrogen and oxygen atoms in total. The molecule has 0 fully saturated rings. The zero-order valence-electron chi connectivity index (χ0n) is 14.5. The Bertz CT molecular complexity index is 714. The standard InChI is InChI=1S/C20H23NO4/c1-4-13-24-16-10-8-9-15(14-16)21-20(22)17(5-2)25-19-12-7-6-11-18(19)23-3/h4,6-12,14,17H,1,5,13H2,2-3H3,(H,21,22)/t17-/m1/s1. The van der Waals surface area contributed by atoms with Crippen molar-refractivity contribution in [3.8, 4) is 17.2 Å². The Balaban J connectivity index is 2.06. The van der Waals surface area contributed by atoms with Crippen LogP contribution in [0.1, 0.15) is 13.3 Å². The van der Waals surface area contributed by atoms with E-state index in [2.05, 4.69) is 11.9 Å². The SMILES string of the molecule is C=CCOc1cccc(NC(=O)[C@@H](CC)Oc2ccccc2OC)c1. The Labute approximate surface area is 148 Å². The van der Waals surface area contributed by atoms with Crippen LogP contribution in [-0.4, -0.2) is 25.7 Å². The number of carbonyl (C=O) groups is 1. The van der Waals surface area contributed by atoms with Crippen molar-refractivity contribution < 1.29 is 19.0 Å². The minimum absolute atomic E-state index is 0.228. The molecular weight excluding hydrogens is 318 g/mol. The van der Waals surface area contributed by atoms with Crippen molar-refractivity contribution in [1.29, 1.82) is 0 Å². The summed E-state index contributed by atoms with van der Waals surface area (Å²) in [5, 5.41) is 2.86. The van der Waals surface area contributed by atoms with Crippen LogP contribution < -0.4 is 19.5 Å². The molecular formula is C20H23NO4. The summed E-state index contributed by atoms with van der Waals surface area (Å²) >= 11 is 0. The van der Waals surface area contributed by atoms with Crippen LogP contribution in [0.5, 0.6) is 17.2 Å². The van der Waals surface area contributed by atoms with Crippen LogP contribution in [0.4, 0.5) is 5.69 Å². The Morgan fingerprint density at radius 1 is 1.20 bits per heavy atom. The van der Waals surface area contributed by atoms with E-state index in [4.69, 9.17) is 14.2 Å². The number of nitrogens with one attached hydrogen (secondary N) is 1. The molecule has 5 heteroatoms. The molecule has 0 bridgehead atoms. The van der Waals surface area contributed by atoms with E-state index >= 15 is 0 Å². The average molecular weight is 341 g/mol. The van der Waals surface area contributed by atoms with Gasteiger partial charge in [0, 0.05) is 11.8 Å². The second kappa shape index (κ2) is 9.37. The van der Waals surface area contributed by atoms with E-state index in [0.29, 0.717) is 36.0 Å². The Kier molecular flexibility index (Phi) is 6.89. The maximum atomic E-state index is 12.5. The zero-order valence-corrected chi connectivity index (χ0v) is 14.5. The highest BCUT2D eigenvalue weighted by Crippen LogP contribution is 2.27. The molecule has 25 heavy (non-hydrogen) atoms. The van der Waals surface area contributed by atoms with Gasteiger partial charge < -0.3 is 19.5 Å². The second-order valence-corrected chi connectivity index (χ2v) is 5.28. The highest BCUT2D eigenvalue weighted by molar-refractivity contribution is 5.94. The van der Waals surface area contributed by atoms with E-state index in [0.717, 1.165) is 0 Å². The summed E-state index contributed by atoms with van der Waals surface area (Å²) in [4.78, 5) is 12.5. The lowest BCUT2D eigenvalue weighted by Crippen LogP contribution is -2.32.